The number of benzene rings is 1. The van der Waals surface area contributed by atoms with Crippen LogP contribution in [0.25, 0.3) is 0 Å². The molecule has 0 saturated heterocycles. The molecule has 0 aliphatic rings. The molecule has 1 N–H and O–H groups in total. The van der Waals surface area contributed by atoms with Gasteiger partial charge in [0.25, 0.3) is 0 Å². The molecule has 2 aromatic rings. The van der Waals surface area contributed by atoms with Gasteiger partial charge < -0.3 is 9.67 Å². The Balaban J connectivity index is 2.27. The molecule has 1 aromatic heterocycles. The number of carboxylic acid groups (broad SMARTS) is 1. The molecular formula is C15H18N2O2. The summed E-state index contributed by atoms with van der Waals surface area (Å²) in [5, 5.41) is 9.08. The lowest BCUT2D eigenvalue weighted by atomic mass is 10.0. The minimum atomic E-state index is -0.887. The maximum atomic E-state index is 11.1. The lowest BCUT2D eigenvalue weighted by Gasteiger charge is -2.08. The summed E-state index contributed by atoms with van der Waals surface area (Å²) >= 11 is 0. The van der Waals surface area contributed by atoms with Crippen LogP contribution in [-0.2, 0) is 13.0 Å². The highest BCUT2D eigenvalue weighted by Crippen LogP contribution is 2.14. The van der Waals surface area contributed by atoms with E-state index in [4.69, 9.17) is 5.11 Å². The zero-order valence-corrected chi connectivity index (χ0v) is 11.3. The number of nitrogens with zero attached hydrogens (tertiary/aromatic N) is 2. The molecule has 19 heavy (non-hydrogen) atoms. The second kappa shape index (κ2) is 5.69. The monoisotopic (exact) mass is 258 g/mol. The smallest absolute Gasteiger partial charge is 0.335 e. The van der Waals surface area contributed by atoms with Crippen LogP contribution in [0.5, 0.6) is 0 Å². The number of hydrogen-bond acceptors (Lipinski definition) is 2. The first-order valence-corrected chi connectivity index (χ1v) is 6.44. The molecule has 1 aromatic carbocycles. The van der Waals surface area contributed by atoms with Gasteiger partial charge in [-0.3, -0.25) is 0 Å². The van der Waals surface area contributed by atoms with Crippen LogP contribution in [0, 0.1) is 6.92 Å². The van der Waals surface area contributed by atoms with Gasteiger partial charge in [0.05, 0.1) is 5.56 Å². The number of aryl methyl sites for hydroxylation is 2. The van der Waals surface area contributed by atoms with E-state index in [1.54, 1.807) is 18.3 Å². The van der Waals surface area contributed by atoms with Crippen LogP contribution in [0.4, 0.5) is 0 Å². The van der Waals surface area contributed by atoms with Crippen LogP contribution in [-0.4, -0.2) is 20.6 Å². The Kier molecular flexibility index (Phi) is 4.00. The second-order valence-corrected chi connectivity index (χ2v) is 4.73. The van der Waals surface area contributed by atoms with Crippen LogP contribution in [0.3, 0.4) is 0 Å². The molecule has 0 aliphatic carbocycles. The van der Waals surface area contributed by atoms with Gasteiger partial charge in [-0.15, -0.1) is 0 Å². The lowest BCUT2D eigenvalue weighted by molar-refractivity contribution is 0.0696. The Hall–Kier alpha value is -2.10. The van der Waals surface area contributed by atoms with Gasteiger partial charge in [-0.2, -0.15) is 0 Å². The first-order valence-electron chi connectivity index (χ1n) is 6.44. The summed E-state index contributed by atoms with van der Waals surface area (Å²) in [5.74, 6) is 0.0886. The molecule has 1 heterocycles. The average molecular weight is 258 g/mol. The van der Waals surface area contributed by atoms with E-state index >= 15 is 0 Å². The Morgan fingerprint density at radius 2 is 2.16 bits per heavy atom. The summed E-state index contributed by atoms with van der Waals surface area (Å²) in [6.07, 6.45) is 5.47. The summed E-state index contributed by atoms with van der Waals surface area (Å²) in [7, 11) is 0. The first kappa shape index (κ1) is 13.3. The van der Waals surface area contributed by atoms with Crippen LogP contribution < -0.4 is 0 Å². The van der Waals surface area contributed by atoms with Gasteiger partial charge in [-0.05, 0) is 36.6 Å². The molecule has 0 spiro atoms. The Labute approximate surface area is 112 Å². The van der Waals surface area contributed by atoms with Gasteiger partial charge in [-0.1, -0.05) is 13.0 Å². The number of aromatic nitrogens is 2. The predicted octanol–water partition coefficient (Wildman–Crippen LogP) is 2.89. The van der Waals surface area contributed by atoms with Crippen molar-refractivity contribution in [3.63, 3.8) is 0 Å². The van der Waals surface area contributed by atoms with Gasteiger partial charge in [0.1, 0.15) is 5.82 Å². The van der Waals surface area contributed by atoms with E-state index in [1.165, 1.54) is 0 Å². The summed E-state index contributed by atoms with van der Waals surface area (Å²) < 4.78 is 2.11. The molecule has 0 saturated carbocycles. The highest BCUT2D eigenvalue weighted by Gasteiger charge is 2.08. The number of hydrogen-bond donors (Lipinski definition) is 1. The Bertz CT molecular complexity index is 588. The van der Waals surface area contributed by atoms with Gasteiger partial charge in [0.2, 0.25) is 0 Å². The molecule has 2 rings (SSSR count). The highest BCUT2D eigenvalue weighted by atomic mass is 16.4. The average Bonchev–Trinajstić information content (AvgIpc) is 2.76. The molecular weight excluding hydrogens is 240 g/mol. The molecule has 0 bridgehead atoms. The zero-order chi connectivity index (χ0) is 13.8. The molecule has 0 radical (unpaired) electrons. The van der Waals surface area contributed by atoms with Crippen LogP contribution in [0.1, 0.15) is 40.7 Å². The quantitative estimate of drug-likeness (QED) is 0.897. The van der Waals surface area contributed by atoms with Crippen LogP contribution in [0.15, 0.2) is 30.6 Å². The highest BCUT2D eigenvalue weighted by molar-refractivity contribution is 5.88. The van der Waals surface area contributed by atoms with E-state index in [0.717, 1.165) is 29.9 Å². The number of carbonyl (C=O) groups is 1. The molecule has 0 amide bonds. The fraction of sp³-hybridized carbons (Fsp3) is 0.333. The topological polar surface area (TPSA) is 55.1 Å². The van der Waals surface area contributed by atoms with E-state index < -0.39 is 5.97 Å². The maximum absolute atomic E-state index is 11.1. The second-order valence-electron chi connectivity index (χ2n) is 4.73. The standard InChI is InChI=1S/C15H18N2O2/c1-3-5-17-6-4-16-14(17)10-12-7-11(2)8-13(9-12)15(18)19/h4,6-9H,3,5,10H2,1-2H3,(H,18,19). The Morgan fingerprint density at radius 1 is 1.37 bits per heavy atom. The third-order valence-electron chi connectivity index (χ3n) is 3.01. The molecule has 0 unspecified atom stereocenters. The summed E-state index contributed by atoms with van der Waals surface area (Å²) in [5.41, 5.74) is 2.29. The van der Waals surface area contributed by atoms with E-state index in [9.17, 15) is 4.79 Å². The number of carboxylic acids is 1. The van der Waals surface area contributed by atoms with Gasteiger partial charge in [0, 0.05) is 25.4 Å². The van der Waals surface area contributed by atoms with Crippen LogP contribution >= 0.6 is 0 Å². The van der Waals surface area contributed by atoms with Crippen molar-refractivity contribution in [3.05, 3.63) is 53.1 Å². The molecule has 4 nitrogen and oxygen atoms in total. The summed E-state index contributed by atoms with van der Waals surface area (Å²) in [4.78, 5) is 15.4. The van der Waals surface area contributed by atoms with Crippen molar-refractivity contribution in [1.82, 2.24) is 9.55 Å². The van der Waals surface area contributed by atoms with E-state index in [2.05, 4.69) is 16.5 Å². The summed E-state index contributed by atoms with van der Waals surface area (Å²) in [6, 6.07) is 5.42. The number of rotatable bonds is 5. The normalized spacial score (nSPS) is 10.6. The first-order chi connectivity index (χ1) is 9.10. The van der Waals surface area contributed by atoms with E-state index in [0.29, 0.717) is 12.0 Å². The van der Waals surface area contributed by atoms with E-state index in [-0.39, 0.29) is 0 Å². The number of imidazole rings is 1. The maximum Gasteiger partial charge on any atom is 0.335 e. The minimum Gasteiger partial charge on any atom is -0.478 e. The largest absolute Gasteiger partial charge is 0.478 e. The Morgan fingerprint density at radius 3 is 2.84 bits per heavy atom. The molecule has 100 valence electrons. The molecule has 4 heteroatoms. The molecule has 0 fully saturated rings. The lowest BCUT2D eigenvalue weighted by Crippen LogP contribution is -2.05. The van der Waals surface area contributed by atoms with Gasteiger partial charge in [0.15, 0.2) is 0 Å². The van der Waals surface area contributed by atoms with Crippen molar-refractivity contribution in [1.29, 1.82) is 0 Å². The summed E-state index contributed by atoms with van der Waals surface area (Å²) in [6.45, 7) is 4.97. The van der Waals surface area contributed by atoms with Gasteiger partial charge in [-0.25, -0.2) is 9.78 Å². The molecule has 0 aliphatic heterocycles. The van der Waals surface area contributed by atoms with Crippen LogP contribution in [0.2, 0.25) is 0 Å². The van der Waals surface area contributed by atoms with Crippen molar-refractivity contribution in [2.24, 2.45) is 0 Å². The van der Waals surface area contributed by atoms with Crippen molar-refractivity contribution < 1.29 is 9.90 Å². The molecule has 0 atom stereocenters. The fourth-order valence-corrected chi connectivity index (χ4v) is 2.22. The zero-order valence-electron chi connectivity index (χ0n) is 11.3. The third-order valence-corrected chi connectivity index (χ3v) is 3.01. The van der Waals surface area contributed by atoms with Gasteiger partial charge >= 0.3 is 5.97 Å². The minimum absolute atomic E-state index is 0.337. The predicted molar refractivity (Wildman–Crippen MR) is 73.5 cm³/mol. The SMILES string of the molecule is CCCn1ccnc1Cc1cc(C)cc(C(=O)O)c1. The number of aromatic carboxylic acids is 1. The van der Waals surface area contributed by atoms with Crippen molar-refractivity contribution in [3.8, 4) is 0 Å². The van der Waals surface area contributed by atoms with Crippen molar-refractivity contribution >= 4 is 5.97 Å². The van der Waals surface area contributed by atoms with Crippen molar-refractivity contribution in [2.75, 3.05) is 0 Å². The van der Waals surface area contributed by atoms with E-state index in [1.807, 2.05) is 19.2 Å². The third kappa shape index (κ3) is 3.22. The van der Waals surface area contributed by atoms with Crippen molar-refractivity contribution in [2.45, 2.75) is 33.2 Å². The fourth-order valence-electron chi connectivity index (χ4n) is 2.22.